The molecule has 3 atom stereocenters. The van der Waals surface area contributed by atoms with Gasteiger partial charge in [-0.25, -0.2) is 22.9 Å². The van der Waals surface area contributed by atoms with Crippen molar-refractivity contribution in [2.75, 3.05) is 0 Å². The summed E-state index contributed by atoms with van der Waals surface area (Å²) in [6, 6.07) is 1.13. The number of hydrogen-bond donors (Lipinski definition) is 2. The largest absolute Gasteiger partial charge is 0.349 e. The number of nitrogens with zero attached hydrogens (tertiary/aromatic N) is 5. The van der Waals surface area contributed by atoms with Crippen molar-refractivity contribution in [2.24, 2.45) is 17.8 Å². The fourth-order valence-electron chi connectivity index (χ4n) is 5.09. The van der Waals surface area contributed by atoms with Crippen LogP contribution in [0.25, 0.3) is 5.65 Å². The van der Waals surface area contributed by atoms with E-state index in [0.717, 1.165) is 24.8 Å². The third-order valence-electron chi connectivity index (χ3n) is 7.88. The molecular weight excluding hydrogens is 496 g/mol. The van der Waals surface area contributed by atoms with Crippen LogP contribution in [-0.4, -0.2) is 42.6 Å². The SMILES string of the molecule is CC[C@@H](C)C(=O)N[C@@H](c1cnn2cc([C@@H](NC(=O)c3nonc3C)C3CCC(F)(F)CC3)nc2c1)C1CC1. The number of hydrogen-bond acceptors (Lipinski definition) is 7. The van der Waals surface area contributed by atoms with Gasteiger partial charge in [0.2, 0.25) is 11.8 Å². The van der Waals surface area contributed by atoms with E-state index in [0.29, 0.717) is 23.0 Å². The van der Waals surface area contributed by atoms with Crippen LogP contribution in [0.4, 0.5) is 8.78 Å². The van der Waals surface area contributed by atoms with Gasteiger partial charge in [-0.1, -0.05) is 19.0 Å². The first-order valence-electron chi connectivity index (χ1n) is 13.3. The van der Waals surface area contributed by atoms with Gasteiger partial charge >= 0.3 is 0 Å². The van der Waals surface area contributed by atoms with Crippen molar-refractivity contribution in [1.29, 1.82) is 0 Å². The van der Waals surface area contributed by atoms with Crippen LogP contribution in [0.2, 0.25) is 0 Å². The van der Waals surface area contributed by atoms with Crippen molar-refractivity contribution in [3.05, 3.63) is 41.1 Å². The molecule has 2 saturated carbocycles. The molecule has 0 radical (unpaired) electrons. The van der Waals surface area contributed by atoms with Crippen LogP contribution in [0.1, 0.15) is 98.3 Å². The van der Waals surface area contributed by atoms with Gasteiger partial charge in [-0.3, -0.25) is 9.59 Å². The average molecular weight is 530 g/mol. The van der Waals surface area contributed by atoms with Crippen LogP contribution in [0.5, 0.6) is 0 Å². The summed E-state index contributed by atoms with van der Waals surface area (Å²) >= 11 is 0. The van der Waals surface area contributed by atoms with E-state index in [-0.39, 0.29) is 55.2 Å². The third kappa shape index (κ3) is 5.53. The first-order valence-corrected chi connectivity index (χ1v) is 13.3. The maximum atomic E-state index is 13.9. The summed E-state index contributed by atoms with van der Waals surface area (Å²) in [5, 5.41) is 18.0. The van der Waals surface area contributed by atoms with E-state index in [4.69, 9.17) is 4.98 Å². The molecule has 0 aromatic carbocycles. The van der Waals surface area contributed by atoms with Crippen molar-refractivity contribution in [2.45, 2.75) is 83.7 Å². The molecule has 5 rings (SSSR count). The van der Waals surface area contributed by atoms with Crippen molar-refractivity contribution in [3.8, 4) is 0 Å². The Morgan fingerprint density at radius 3 is 2.47 bits per heavy atom. The minimum atomic E-state index is -2.70. The number of carbonyl (C=O) groups excluding carboxylic acids is 2. The molecule has 0 unspecified atom stereocenters. The number of amides is 2. The van der Waals surface area contributed by atoms with Crippen molar-refractivity contribution in [3.63, 3.8) is 0 Å². The second-order valence-electron chi connectivity index (χ2n) is 10.7. The molecule has 2 aliphatic rings. The van der Waals surface area contributed by atoms with E-state index in [1.807, 2.05) is 19.9 Å². The fourth-order valence-corrected chi connectivity index (χ4v) is 5.09. The predicted molar refractivity (Wildman–Crippen MR) is 132 cm³/mol. The van der Waals surface area contributed by atoms with Crippen LogP contribution in [0.3, 0.4) is 0 Å². The highest BCUT2D eigenvalue weighted by atomic mass is 19.3. The molecule has 2 N–H and O–H groups in total. The van der Waals surface area contributed by atoms with Crippen molar-refractivity contribution >= 4 is 17.5 Å². The monoisotopic (exact) mass is 529 g/mol. The van der Waals surface area contributed by atoms with Crippen LogP contribution >= 0.6 is 0 Å². The number of alkyl halides is 2. The van der Waals surface area contributed by atoms with Gasteiger partial charge in [0, 0.05) is 18.8 Å². The summed E-state index contributed by atoms with van der Waals surface area (Å²) in [7, 11) is 0. The van der Waals surface area contributed by atoms with E-state index in [1.165, 1.54) is 0 Å². The van der Waals surface area contributed by atoms with E-state index in [9.17, 15) is 18.4 Å². The van der Waals surface area contributed by atoms with Crippen LogP contribution in [0.15, 0.2) is 23.1 Å². The summed E-state index contributed by atoms with van der Waals surface area (Å²) < 4.78 is 34.1. The predicted octanol–water partition coefficient (Wildman–Crippen LogP) is 4.33. The van der Waals surface area contributed by atoms with Gasteiger partial charge in [-0.15, -0.1) is 0 Å². The second kappa shape index (κ2) is 10.4. The van der Waals surface area contributed by atoms with E-state index in [2.05, 4.69) is 30.7 Å². The number of imidazole rings is 1. The standard InChI is InChI=1S/C26H33F2N7O3/c1-4-14(2)24(36)31-22(16-5-6-16)18-11-20-30-19(13-35(20)29-12-18)23(17-7-9-26(27,28)10-8-17)32-25(37)21-15(3)33-38-34-21/h11-14,16-17,22-23H,4-10H2,1-3H3,(H,31,36)(H,32,37)/t14-,22-,23+/m1/s1. The zero-order chi connectivity index (χ0) is 27.0. The number of rotatable bonds is 9. The zero-order valence-electron chi connectivity index (χ0n) is 21.8. The fraction of sp³-hybridized carbons (Fsp3) is 0.615. The maximum Gasteiger partial charge on any atom is 0.276 e. The number of fused-ring (bicyclic) bond motifs is 1. The van der Waals surface area contributed by atoms with Crippen LogP contribution in [-0.2, 0) is 4.79 Å². The Labute approximate surface area is 218 Å². The van der Waals surface area contributed by atoms with Gasteiger partial charge < -0.3 is 10.6 Å². The van der Waals surface area contributed by atoms with Gasteiger partial charge in [-0.2, -0.15) is 5.10 Å². The molecule has 3 aromatic rings. The molecule has 2 aliphatic carbocycles. The highest BCUT2D eigenvalue weighted by molar-refractivity contribution is 5.93. The van der Waals surface area contributed by atoms with Gasteiger partial charge in [0.25, 0.3) is 5.91 Å². The summed E-state index contributed by atoms with van der Waals surface area (Å²) in [6.07, 6.45) is 6.27. The number of aromatic nitrogens is 5. The minimum Gasteiger partial charge on any atom is -0.349 e. The smallest absolute Gasteiger partial charge is 0.276 e. The minimum absolute atomic E-state index is 0.0165. The Kier molecular flexibility index (Phi) is 7.15. The molecule has 38 heavy (non-hydrogen) atoms. The number of nitrogens with one attached hydrogen (secondary N) is 2. The zero-order valence-corrected chi connectivity index (χ0v) is 21.8. The molecule has 0 bridgehead atoms. The van der Waals surface area contributed by atoms with Gasteiger partial charge in [0.1, 0.15) is 5.69 Å². The molecule has 204 valence electrons. The summed E-state index contributed by atoms with van der Waals surface area (Å²) in [5.41, 5.74) is 2.34. The molecule has 0 aliphatic heterocycles. The Hall–Kier alpha value is -3.44. The lowest BCUT2D eigenvalue weighted by Gasteiger charge is -2.33. The van der Waals surface area contributed by atoms with Gasteiger partial charge in [0.05, 0.1) is 30.2 Å². The van der Waals surface area contributed by atoms with Crippen molar-refractivity contribution in [1.82, 2.24) is 35.5 Å². The molecule has 0 spiro atoms. The molecule has 0 saturated heterocycles. The molecular formula is C26H33F2N7O3. The van der Waals surface area contributed by atoms with E-state index in [1.54, 1.807) is 23.8 Å². The molecule has 2 amide bonds. The number of halogens is 2. The summed E-state index contributed by atoms with van der Waals surface area (Å²) in [5.74, 6) is -3.15. The first kappa shape index (κ1) is 26.2. The topological polar surface area (TPSA) is 127 Å². The van der Waals surface area contributed by atoms with Crippen LogP contribution < -0.4 is 10.6 Å². The Morgan fingerprint density at radius 2 is 1.84 bits per heavy atom. The summed E-state index contributed by atoms with van der Waals surface area (Å²) in [4.78, 5) is 30.4. The van der Waals surface area contributed by atoms with E-state index < -0.39 is 17.9 Å². The Bertz CT molecular complexity index is 1310. The maximum absolute atomic E-state index is 13.9. The molecule has 3 aromatic heterocycles. The number of carbonyl (C=O) groups is 2. The average Bonchev–Trinajstić information content (AvgIpc) is 3.50. The molecule has 2 fully saturated rings. The quantitative estimate of drug-likeness (QED) is 0.422. The normalized spacial score (nSPS) is 20.1. The Balaban J connectivity index is 1.43. The lowest BCUT2D eigenvalue weighted by atomic mass is 9.81. The van der Waals surface area contributed by atoms with Gasteiger partial charge in [-0.05, 0) is 67.7 Å². The molecule has 12 heteroatoms. The lowest BCUT2D eigenvalue weighted by molar-refractivity contribution is -0.125. The highest BCUT2D eigenvalue weighted by Crippen LogP contribution is 2.43. The highest BCUT2D eigenvalue weighted by Gasteiger charge is 2.40. The van der Waals surface area contributed by atoms with Crippen molar-refractivity contribution < 1.29 is 23.0 Å². The number of aryl methyl sites for hydroxylation is 1. The first-order chi connectivity index (χ1) is 18.1. The van der Waals surface area contributed by atoms with E-state index >= 15 is 0 Å². The van der Waals surface area contributed by atoms with Gasteiger partial charge in [0.15, 0.2) is 11.3 Å². The molecule has 3 heterocycles. The lowest BCUT2D eigenvalue weighted by Crippen LogP contribution is -2.37. The summed E-state index contributed by atoms with van der Waals surface area (Å²) in [6.45, 7) is 5.50. The van der Waals surface area contributed by atoms with Crippen LogP contribution in [0, 0.1) is 24.7 Å². The molecule has 10 nitrogen and oxygen atoms in total. The third-order valence-corrected chi connectivity index (χ3v) is 7.88. The second-order valence-corrected chi connectivity index (χ2v) is 10.7. The Morgan fingerprint density at radius 1 is 1.13 bits per heavy atom.